The summed E-state index contributed by atoms with van der Waals surface area (Å²) in [7, 11) is -4.36. The number of carbonyl (C=O) groups excluding carboxylic acids is 1. The number of nitrogens with one attached hydrogen (secondary N) is 1. The summed E-state index contributed by atoms with van der Waals surface area (Å²) in [6, 6.07) is 13.3. The van der Waals surface area contributed by atoms with Crippen molar-refractivity contribution >= 4 is 41.3 Å². The van der Waals surface area contributed by atoms with Crippen LogP contribution in [-0.2, 0) is 23.4 Å². The van der Waals surface area contributed by atoms with Crippen molar-refractivity contribution in [3.05, 3.63) is 61.1 Å². The molecule has 1 aliphatic rings. The molecule has 7 atom stereocenters. The van der Waals surface area contributed by atoms with Crippen LogP contribution in [0.15, 0.2) is 61.1 Å². The van der Waals surface area contributed by atoms with Gasteiger partial charge in [0.15, 0.2) is 6.23 Å². The van der Waals surface area contributed by atoms with Crippen LogP contribution in [0.5, 0.6) is 5.75 Å². The quantitative estimate of drug-likeness (QED) is 0.101. The predicted octanol–water partition coefficient (Wildman–Crippen LogP) is 4.09. The van der Waals surface area contributed by atoms with Gasteiger partial charge in [-0.3, -0.25) is 9.32 Å². The molecule has 1 saturated heterocycles. The first-order valence-electron chi connectivity index (χ1n) is 14.5. The smallest absolute Gasteiger partial charge is 0.459 e. The molecular formula is C30H38N5O8P. The summed E-state index contributed by atoms with van der Waals surface area (Å²) in [6.07, 6.45) is -0.448. The number of unbranched alkanes of at least 4 members (excludes halogenated alkanes) is 1. The van der Waals surface area contributed by atoms with Crippen molar-refractivity contribution < 1.29 is 38.1 Å². The first-order valence-corrected chi connectivity index (χ1v) is 16.0. The normalized spacial score (nSPS) is 24.6. The Morgan fingerprint density at radius 3 is 2.70 bits per heavy atom. The summed E-state index contributed by atoms with van der Waals surface area (Å²) in [5, 5.41) is 27.4. The van der Waals surface area contributed by atoms with Crippen molar-refractivity contribution in [1.82, 2.24) is 19.6 Å². The third-order valence-electron chi connectivity index (χ3n) is 7.67. The Balaban J connectivity index is 1.42. The number of nitrogens with zero attached hydrogens (tertiary/aromatic N) is 3. The average Bonchev–Trinajstić information content (AvgIpc) is 3.51. The van der Waals surface area contributed by atoms with E-state index < -0.39 is 49.9 Å². The minimum Gasteiger partial charge on any atom is -0.465 e. The fourth-order valence-corrected chi connectivity index (χ4v) is 6.94. The molecule has 0 radical (unpaired) electrons. The molecule has 2 unspecified atom stereocenters. The van der Waals surface area contributed by atoms with E-state index >= 15 is 0 Å². The SMILES string of the molecule is CCCCOC(=O)[C@H](C)NP(=O)(Oc1cccc2ccccc12)OC(C)[C@H]1O[C@@H](n2ccc3c(N)ncnc32)[C@](C)(O)[C@@H]1O. The summed E-state index contributed by atoms with van der Waals surface area (Å²) >= 11 is 0. The van der Waals surface area contributed by atoms with Crippen molar-refractivity contribution in [3.63, 3.8) is 0 Å². The number of ether oxygens (including phenoxy) is 2. The Bertz CT molecular complexity index is 1670. The summed E-state index contributed by atoms with van der Waals surface area (Å²) in [5.41, 5.74) is 4.55. The maximum atomic E-state index is 14.4. The van der Waals surface area contributed by atoms with Crippen LogP contribution in [0.1, 0.15) is 46.8 Å². The molecule has 236 valence electrons. The van der Waals surface area contributed by atoms with E-state index in [1.807, 2.05) is 37.3 Å². The van der Waals surface area contributed by atoms with Crippen molar-refractivity contribution in [2.24, 2.45) is 0 Å². The number of nitrogen functional groups attached to an aromatic ring is 1. The number of hydrogen-bond donors (Lipinski definition) is 4. The number of esters is 1. The number of aromatic nitrogens is 3. The molecule has 14 heteroatoms. The Kier molecular flexibility index (Phi) is 9.26. The lowest BCUT2D eigenvalue weighted by molar-refractivity contribution is -0.145. The van der Waals surface area contributed by atoms with Crippen LogP contribution in [0.3, 0.4) is 0 Å². The zero-order valence-electron chi connectivity index (χ0n) is 25.0. The zero-order valence-corrected chi connectivity index (χ0v) is 25.9. The molecule has 44 heavy (non-hydrogen) atoms. The number of nitrogens with two attached hydrogens (primary N) is 1. The molecule has 13 nitrogen and oxygen atoms in total. The standard InChI is InChI=1S/C30H38N5O8P/c1-5-6-16-40-28(37)18(2)34-44(39,43-23-13-9-11-20-10-7-8-12-21(20)23)42-19(3)24-25(36)30(4,38)29(41-24)35-15-14-22-26(31)32-17-33-27(22)35/h7-15,17-19,24-25,29,36,38H,5-6,16H2,1-4H3,(H,34,39)(H2,31,32,33)/t18-,19?,24+,25+,29+,30+,44?/m0/s1. The van der Waals surface area contributed by atoms with E-state index in [2.05, 4.69) is 15.1 Å². The highest BCUT2D eigenvalue weighted by Crippen LogP contribution is 2.50. The van der Waals surface area contributed by atoms with Crippen LogP contribution >= 0.6 is 7.75 Å². The molecule has 2 aromatic carbocycles. The second-order valence-electron chi connectivity index (χ2n) is 11.1. The highest BCUT2D eigenvalue weighted by Gasteiger charge is 2.56. The van der Waals surface area contributed by atoms with E-state index in [-0.39, 0.29) is 18.2 Å². The molecule has 0 spiro atoms. The van der Waals surface area contributed by atoms with Gasteiger partial charge in [0.2, 0.25) is 0 Å². The van der Waals surface area contributed by atoms with Gasteiger partial charge in [0.25, 0.3) is 0 Å². The van der Waals surface area contributed by atoms with Gasteiger partial charge in [-0.25, -0.2) is 14.5 Å². The van der Waals surface area contributed by atoms with Gasteiger partial charge >= 0.3 is 13.7 Å². The van der Waals surface area contributed by atoms with Crippen molar-refractivity contribution in [1.29, 1.82) is 0 Å². The Morgan fingerprint density at radius 2 is 1.93 bits per heavy atom. The Hall–Kier alpha value is -3.58. The summed E-state index contributed by atoms with van der Waals surface area (Å²) in [6.45, 7) is 6.64. The van der Waals surface area contributed by atoms with Gasteiger partial charge in [0.05, 0.1) is 18.1 Å². The molecule has 5 N–H and O–H groups in total. The lowest BCUT2D eigenvalue weighted by Gasteiger charge is -2.30. The van der Waals surface area contributed by atoms with Gasteiger partial charge < -0.3 is 34.5 Å². The molecule has 1 aliphatic heterocycles. The highest BCUT2D eigenvalue weighted by atomic mass is 31.2. The van der Waals surface area contributed by atoms with Crippen molar-refractivity contribution in [2.75, 3.05) is 12.3 Å². The van der Waals surface area contributed by atoms with E-state index in [1.54, 1.807) is 29.0 Å². The molecule has 3 heterocycles. The number of hydrogen-bond acceptors (Lipinski definition) is 11. The molecule has 4 aromatic rings. The third kappa shape index (κ3) is 6.30. The van der Waals surface area contributed by atoms with Crippen LogP contribution in [0.25, 0.3) is 21.8 Å². The topological polar surface area (TPSA) is 180 Å². The molecular weight excluding hydrogens is 589 g/mol. The van der Waals surface area contributed by atoms with Gasteiger partial charge in [-0.05, 0) is 44.7 Å². The summed E-state index contributed by atoms with van der Waals surface area (Å²) in [4.78, 5) is 21.0. The minimum atomic E-state index is -4.36. The summed E-state index contributed by atoms with van der Waals surface area (Å²) < 4.78 is 39.5. The van der Waals surface area contributed by atoms with Crippen LogP contribution in [0.2, 0.25) is 0 Å². The lowest BCUT2D eigenvalue weighted by Crippen LogP contribution is -2.46. The number of aliphatic hydroxyl groups is 2. The molecule has 1 fully saturated rings. The molecule has 2 aromatic heterocycles. The molecule has 5 rings (SSSR count). The first kappa shape index (κ1) is 31.8. The van der Waals surface area contributed by atoms with E-state index in [4.69, 9.17) is 24.3 Å². The third-order valence-corrected chi connectivity index (χ3v) is 9.42. The lowest BCUT2D eigenvalue weighted by atomic mass is 9.94. The molecule has 0 saturated carbocycles. The fraction of sp³-hybridized carbons (Fsp3) is 0.433. The second-order valence-corrected chi connectivity index (χ2v) is 12.7. The number of rotatable bonds is 12. The van der Waals surface area contributed by atoms with E-state index in [0.29, 0.717) is 22.8 Å². The number of carbonyl (C=O) groups is 1. The molecule has 0 bridgehead atoms. The van der Waals surface area contributed by atoms with Crippen LogP contribution in [0.4, 0.5) is 5.82 Å². The number of benzene rings is 2. The Labute approximate surface area is 254 Å². The van der Waals surface area contributed by atoms with Crippen LogP contribution in [0, 0.1) is 0 Å². The van der Waals surface area contributed by atoms with Crippen molar-refractivity contribution in [3.8, 4) is 5.75 Å². The second kappa shape index (κ2) is 12.8. The highest BCUT2D eigenvalue weighted by molar-refractivity contribution is 7.52. The first-order chi connectivity index (χ1) is 20.9. The van der Waals surface area contributed by atoms with Gasteiger partial charge in [-0.1, -0.05) is 49.7 Å². The number of aliphatic hydroxyl groups excluding tert-OH is 1. The zero-order chi connectivity index (χ0) is 31.6. The average molecular weight is 628 g/mol. The minimum absolute atomic E-state index is 0.219. The number of fused-ring (bicyclic) bond motifs is 2. The van der Waals surface area contributed by atoms with Gasteiger partial charge in [-0.2, -0.15) is 5.09 Å². The van der Waals surface area contributed by atoms with E-state index in [9.17, 15) is 19.6 Å². The van der Waals surface area contributed by atoms with Crippen LogP contribution < -0.4 is 15.3 Å². The van der Waals surface area contributed by atoms with Crippen LogP contribution in [-0.4, -0.2) is 67.3 Å². The van der Waals surface area contributed by atoms with E-state index in [1.165, 1.54) is 27.1 Å². The van der Waals surface area contributed by atoms with Gasteiger partial charge in [-0.15, -0.1) is 0 Å². The fourth-order valence-electron chi connectivity index (χ4n) is 5.23. The molecule has 0 amide bonds. The van der Waals surface area contributed by atoms with E-state index in [0.717, 1.165) is 11.8 Å². The maximum Gasteiger partial charge on any atom is 0.459 e. The Morgan fingerprint density at radius 1 is 1.18 bits per heavy atom. The van der Waals surface area contributed by atoms with Gasteiger partial charge in [0, 0.05) is 11.6 Å². The van der Waals surface area contributed by atoms with Gasteiger partial charge in [0.1, 0.15) is 47.4 Å². The maximum absolute atomic E-state index is 14.4. The monoisotopic (exact) mass is 627 g/mol. The van der Waals surface area contributed by atoms with Crippen molar-refractivity contribution in [2.45, 2.75) is 76.7 Å². The number of anilines is 1. The largest absolute Gasteiger partial charge is 0.465 e. The summed E-state index contributed by atoms with van der Waals surface area (Å²) in [5.74, 6) is -0.121. The predicted molar refractivity (Wildman–Crippen MR) is 164 cm³/mol. The molecule has 0 aliphatic carbocycles.